The summed E-state index contributed by atoms with van der Waals surface area (Å²) >= 11 is 3.58. The SMILES string of the molecule is COc1ccc2nc(C(C#N)=Cc3cc(OC)c(OCc4ccccc4)cc3Br)[nH]c2c1. The Balaban J connectivity index is 1.65. The third kappa shape index (κ3) is 4.61. The zero-order chi connectivity index (χ0) is 22.5. The van der Waals surface area contributed by atoms with Crippen LogP contribution in [0.3, 0.4) is 0 Å². The Morgan fingerprint density at radius 3 is 2.59 bits per heavy atom. The minimum Gasteiger partial charge on any atom is -0.497 e. The summed E-state index contributed by atoms with van der Waals surface area (Å²) in [5, 5.41) is 9.77. The first-order valence-corrected chi connectivity index (χ1v) is 10.6. The van der Waals surface area contributed by atoms with Crippen molar-refractivity contribution in [3.63, 3.8) is 0 Å². The fourth-order valence-corrected chi connectivity index (χ4v) is 3.66. The number of methoxy groups -OCH3 is 2. The van der Waals surface area contributed by atoms with Crippen LogP contribution >= 0.6 is 15.9 Å². The molecular formula is C25H20BrN3O3. The number of H-pyrrole nitrogens is 1. The van der Waals surface area contributed by atoms with Gasteiger partial charge in [-0.2, -0.15) is 5.26 Å². The number of nitriles is 1. The van der Waals surface area contributed by atoms with E-state index < -0.39 is 0 Å². The number of aromatic nitrogens is 2. The number of nitrogens with zero attached hydrogens (tertiary/aromatic N) is 2. The van der Waals surface area contributed by atoms with E-state index in [9.17, 15) is 5.26 Å². The monoisotopic (exact) mass is 489 g/mol. The second-order valence-electron chi connectivity index (χ2n) is 6.94. The summed E-state index contributed by atoms with van der Waals surface area (Å²) in [6, 6.07) is 21.3. The van der Waals surface area contributed by atoms with Gasteiger partial charge in [-0.05, 0) is 41.5 Å². The van der Waals surface area contributed by atoms with Gasteiger partial charge < -0.3 is 19.2 Å². The fraction of sp³-hybridized carbons (Fsp3) is 0.120. The number of hydrogen-bond donors (Lipinski definition) is 1. The largest absolute Gasteiger partial charge is 0.497 e. The maximum Gasteiger partial charge on any atom is 0.162 e. The van der Waals surface area contributed by atoms with Crippen molar-refractivity contribution in [1.29, 1.82) is 5.26 Å². The zero-order valence-electron chi connectivity index (χ0n) is 17.6. The summed E-state index contributed by atoms with van der Waals surface area (Å²) in [4.78, 5) is 7.72. The van der Waals surface area contributed by atoms with Crippen LogP contribution in [0, 0.1) is 11.3 Å². The highest BCUT2D eigenvalue weighted by molar-refractivity contribution is 9.10. The minimum absolute atomic E-state index is 0.390. The maximum atomic E-state index is 9.77. The summed E-state index contributed by atoms with van der Waals surface area (Å²) < 4.78 is 17.5. The number of nitrogens with one attached hydrogen (secondary N) is 1. The van der Waals surface area contributed by atoms with Crippen molar-refractivity contribution in [2.75, 3.05) is 14.2 Å². The molecule has 1 N–H and O–H groups in total. The molecular weight excluding hydrogens is 470 g/mol. The summed E-state index contributed by atoms with van der Waals surface area (Å²) in [5.74, 6) is 2.37. The molecule has 0 fully saturated rings. The Labute approximate surface area is 194 Å². The Morgan fingerprint density at radius 1 is 1.06 bits per heavy atom. The first-order valence-electron chi connectivity index (χ1n) is 9.81. The number of fused-ring (bicyclic) bond motifs is 1. The molecule has 0 aliphatic rings. The average Bonchev–Trinajstić information content (AvgIpc) is 3.25. The minimum atomic E-state index is 0.390. The van der Waals surface area contributed by atoms with E-state index in [4.69, 9.17) is 14.2 Å². The van der Waals surface area contributed by atoms with Gasteiger partial charge in [0.25, 0.3) is 0 Å². The Bertz CT molecular complexity index is 1320. The summed E-state index contributed by atoms with van der Waals surface area (Å²) in [6.07, 6.45) is 1.75. The smallest absolute Gasteiger partial charge is 0.162 e. The highest BCUT2D eigenvalue weighted by Gasteiger charge is 2.13. The molecule has 0 spiro atoms. The molecule has 1 heterocycles. The fourth-order valence-electron chi connectivity index (χ4n) is 3.22. The molecule has 4 rings (SSSR count). The summed E-state index contributed by atoms with van der Waals surface area (Å²) in [5.41, 5.74) is 3.76. The molecule has 6 nitrogen and oxygen atoms in total. The highest BCUT2D eigenvalue weighted by Crippen LogP contribution is 2.36. The van der Waals surface area contributed by atoms with Gasteiger partial charge in [0, 0.05) is 10.5 Å². The normalized spacial score (nSPS) is 11.2. The molecule has 3 aromatic carbocycles. The van der Waals surface area contributed by atoms with Crippen LogP contribution in [0.5, 0.6) is 17.2 Å². The third-order valence-corrected chi connectivity index (χ3v) is 5.57. The Morgan fingerprint density at radius 2 is 1.88 bits per heavy atom. The number of benzene rings is 3. The van der Waals surface area contributed by atoms with Crippen molar-refractivity contribution in [1.82, 2.24) is 9.97 Å². The molecule has 0 aliphatic heterocycles. The summed E-state index contributed by atoms with van der Waals surface area (Å²) in [7, 11) is 3.20. The number of rotatable bonds is 7. The van der Waals surface area contributed by atoms with E-state index in [0.717, 1.165) is 26.6 Å². The van der Waals surface area contributed by atoms with E-state index in [2.05, 4.69) is 32.0 Å². The standard InChI is InChI=1S/C25H20BrN3O3/c1-30-19-8-9-21-22(12-19)29-25(28-21)18(14-27)10-17-11-23(31-2)24(13-20(17)26)32-15-16-6-4-3-5-7-16/h3-13H,15H2,1-2H3,(H,28,29). The molecule has 4 aromatic rings. The first kappa shape index (κ1) is 21.5. The molecule has 160 valence electrons. The zero-order valence-corrected chi connectivity index (χ0v) is 19.1. The van der Waals surface area contributed by atoms with Gasteiger partial charge in [-0.1, -0.05) is 46.3 Å². The molecule has 0 bridgehead atoms. The van der Waals surface area contributed by atoms with Gasteiger partial charge in [0.1, 0.15) is 24.3 Å². The van der Waals surface area contributed by atoms with Gasteiger partial charge in [-0.3, -0.25) is 0 Å². The van der Waals surface area contributed by atoms with Crippen LogP contribution in [0.25, 0.3) is 22.7 Å². The molecule has 0 saturated carbocycles. The van der Waals surface area contributed by atoms with Gasteiger partial charge in [-0.25, -0.2) is 4.98 Å². The molecule has 0 unspecified atom stereocenters. The van der Waals surface area contributed by atoms with Gasteiger partial charge in [0.2, 0.25) is 0 Å². The molecule has 0 amide bonds. The number of hydrogen-bond acceptors (Lipinski definition) is 5. The van der Waals surface area contributed by atoms with Crippen LogP contribution in [0.1, 0.15) is 17.0 Å². The lowest BCUT2D eigenvalue weighted by atomic mass is 10.1. The number of imidazole rings is 1. The lowest BCUT2D eigenvalue weighted by molar-refractivity contribution is 0.284. The van der Waals surface area contributed by atoms with Crippen LogP contribution < -0.4 is 14.2 Å². The van der Waals surface area contributed by atoms with Crippen molar-refractivity contribution in [2.24, 2.45) is 0 Å². The molecule has 32 heavy (non-hydrogen) atoms. The van der Waals surface area contributed by atoms with Crippen LogP contribution in [0.4, 0.5) is 0 Å². The number of aromatic amines is 1. The number of allylic oxidation sites excluding steroid dienone is 1. The van der Waals surface area contributed by atoms with Crippen LogP contribution in [0.2, 0.25) is 0 Å². The maximum absolute atomic E-state index is 9.77. The first-order chi connectivity index (χ1) is 15.6. The predicted molar refractivity (Wildman–Crippen MR) is 128 cm³/mol. The highest BCUT2D eigenvalue weighted by atomic mass is 79.9. The Kier molecular flexibility index (Phi) is 6.43. The van der Waals surface area contributed by atoms with Gasteiger partial charge in [0.15, 0.2) is 11.5 Å². The van der Waals surface area contributed by atoms with E-state index in [1.54, 1.807) is 20.3 Å². The van der Waals surface area contributed by atoms with Crippen molar-refractivity contribution in [2.45, 2.75) is 6.61 Å². The van der Waals surface area contributed by atoms with E-state index in [1.807, 2.05) is 60.7 Å². The van der Waals surface area contributed by atoms with Crippen LogP contribution in [-0.4, -0.2) is 24.2 Å². The summed E-state index contributed by atoms with van der Waals surface area (Å²) in [6.45, 7) is 0.421. The van der Waals surface area contributed by atoms with Crippen LogP contribution in [0.15, 0.2) is 65.1 Å². The number of halogens is 1. The van der Waals surface area contributed by atoms with Crippen molar-refractivity contribution in [3.8, 4) is 23.3 Å². The second-order valence-corrected chi connectivity index (χ2v) is 7.79. The lowest BCUT2D eigenvalue weighted by Gasteiger charge is -2.13. The number of ether oxygens (including phenoxy) is 3. The van der Waals surface area contributed by atoms with Crippen molar-refractivity contribution >= 4 is 38.6 Å². The Hall–Kier alpha value is -3.76. The molecule has 1 aromatic heterocycles. The molecule has 0 atom stereocenters. The predicted octanol–water partition coefficient (Wildman–Crippen LogP) is 5.99. The molecule has 0 radical (unpaired) electrons. The van der Waals surface area contributed by atoms with E-state index >= 15 is 0 Å². The van der Waals surface area contributed by atoms with Gasteiger partial charge in [-0.15, -0.1) is 0 Å². The quantitative estimate of drug-likeness (QED) is 0.322. The topological polar surface area (TPSA) is 80.2 Å². The van der Waals surface area contributed by atoms with Gasteiger partial charge >= 0.3 is 0 Å². The molecule has 0 aliphatic carbocycles. The average molecular weight is 490 g/mol. The lowest BCUT2D eigenvalue weighted by Crippen LogP contribution is -1.98. The third-order valence-electron chi connectivity index (χ3n) is 4.88. The molecule has 0 saturated heterocycles. The van der Waals surface area contributed by atoms with E-state index in [-0.39, 0.29) is 0 Å². The van der Waals surface area contributed by atoms with Gasteiger partial charge in [0.05, 0.1) is 30.8 Å². The van der Waals surface area contributed by atoms with E-state index in [1.165, 1.54) is 0 Å². The molecule has 7 heteroatoms. The van der Waals surface area contributed by atoms with Crippen molar-refractivity contribution < 1.29 is 14.2 Å². The van der Waals surface area contributed by atoms with E-state index in [0.29, 0.717) is 35.3 Å². The second kappa shape index (κ2) is 9.58. The van der Waals surface area contributed by atoms with Crippen LogP contribution in [-0.2, 0) is 6.61 Å². The van der Waals surface area contributed by atoms with Crippen molar-refractivity contribution in [3.05, 3.63) is 82.1 Å².